The number of rotatable bonds is 5. The molecule has 0 N–H and O–H groups in total. The summed E-state index contributed by atoms with van der Waals surface area (Å²) in [4.78, 5) is 10.3. The summed E-state index contributed by atoms with van der Waals surface area (Å²) < 4.78 is 16.2. The molecule has 0 bridgehead atoms. The van der Waals surface area contributed by atoms with Crippen molar-refractivity contribution in [2.45, 2.75) is 97.6 Å². The monoisotopic (exact) mass is 737 g/mol. The highest BCUT2D eigenvalue weighted by molar-refractivity contribution is 6.12. The maximum atomic E-state index is 7.01. The van der Waals surface area contributed by atoms with Crippen LogP contribution < -0.4 is 4.74 Å². The first-order valence-electron chi connectivity index (χ1n) is 19.9. The van der Waals surface area contributed by atoms with Gasteiger partial charge < -0.3 is 9.47 Å². The van der Waals surface area contributed by atoms with Crippen LogP contribution in [0, 0.1) is 13.8 Å². The molecule has 5 aromatic carbocycles. The summed E-state index contributed by atoms with van der Waals surface area (Å²) in [5.74, 6) is 3.18. The molecule has 0 aliphatic carbocycles. The van der Waals surface area contributed by atoms with E-state index in [2.05, 4.69) is 171 Å². The molecular weight excluding hydrogens is 687 g/mol. The van der Waals surface area contributed by atoms with Crippen LogP contribution in [0.5, 0.6) is 11.5 Å². The van der Waals surface area contributed by atoms with Gasteiger partial charge in [-0.2, -0.15) is 0 Å². The first kappa shape index (κ1) is 36.0. The number of benzene rings is 5. The van der Waals surface area contributed by atoms with Gasteiger partial charge in [0, 0.05) is 39.6 Å². The average molecular weight is 738 g/mol. The zero-order chi connectivity index (χ0) is 39.3. The second kappa shape index (κ2) is 12.7. The van der Waals surface area contributed by atoms with Crippen LogP contribution >= 0.6 is 0 Å². The molecule has 0 unspecified atom stereocenters. The van der Waals surface area contributed by atoms with Gasteiger partial charge in [-0.1, -0.05) is 122 Å². The average Bonchev–Trinajstić information content (AvgIpc) is 3.74. The van der Waals surface area contributed by atoms with Crippen LogP contribution in [0.15, 0.2) is 120 Å². The third kappa shape index (κ3) is 5.82. The third-order valence-corrected chi connectivity index (χ3v) is 12.0. The Balaban J connectivity index is 1.20. The maximum absolute atomic E-state index is 7.01. The fourth-order valence-corrected chi connectivity index (χ4v) is 8.82. The van der Waals surface area contributed by atoms with Gasteiger partial charge >= 0.3 is 0 Å². The molecule has 56 heavy (non-hydrogen) atoms. The van der Waals surface area contributed by atoms with Crippen LogP contribution in [0.1, 0.15) is 118 Å². The summed E-state index contributed by atoms with van der Waals surface area (Å²) >= 11 is 0. The largest absolute Gasteiger partial charge is 0.467 e. The second-order valence-corrected chi connectivity index (χ2v) is 18.4. The topological polar surface area (TPSA) is 48.6 Å². The highest BCUT2D eigenvalue weighted by Gasteiger charge is 2.39. The smallest absolute Gasteiger partial charge is 0.217 e. The van der Waals surface area contributed by atoms with Crippen LogP contribution in [-0.2, 0) is 21.0 Å². The molecule has 0 fully saturated rings. The molecular formula is C51H51N3O2. The van der Waals surface area contributed by atoms with E-state index >= 15 is 0 Å². The SMILES string of the molecule is Cc1cc2c3cc(C(C)(C)C)cc4c3n(c2cc1Oc1cc(C2=N[C@H](c3ccccc3)[C@@H](c3ccccc3)O2)cc(C(C)(C)C)c1)-c1nccc(C)c1C4(C)C. The predicted molar refractivity (Wildman–Crippen MR) is 230 cm³/mol. The zero-order valence-electron chi connectivity index (χ0n) is 34.3. The van der Waals surface area contributed by atoms with E-state index in [1.807, 2.05) is 18.3 Å². The molecule has 4 heterocycles. The van der Waals surface area contributed by atoms with E-state index in [0.29, 0.717) is 5.90 Å². The summed E-state index contributed by atoms with van der Waals surface area (Å²) in [6, 6.07) is 38.7. The molecule has 2 aliphatic heterocycles. The van der Waals surface area contributed by atoms with E-state index in [1.54, 1.807) is 0 Å². The minimum atomic E-state index is -0.241. The lowest BCUT2D eigenvalue weighted by Gasteiger charge is -2.36. The first-order valence-corrected chi connectivity index (χ1v) is 19.9. The number of aliphatic imine (C=N–C) groups is 1. The molecule has 0 saturated heterocycles. The molecule has 5 heteroatoms. The van der Waals surface area contributed by atoms with E-state index in [-0.39, 0.29) is 28.4 Å². The summed E-state index contributed by atoms with van der Waals surface area (Å²) in [5.41, 5.74) is 12.5. The Bertz CT molecular complexity index is 2710. The molecule has 2 atom stereocenters. The summed E-state index contributed by atoms with van der Waals surface area (Å²) in [7, 11) is 0. The summed E-state index contributed by atoms with van der Waals surface area (Å²) in [6.45, 7) is 22.7. The molecule has 2 aliphatic rings. The number of nitrogens with zero attached hydrogens (tertiary/aromatic N) is 3. The van der Waals surface area contributed by atoms with E-state index < -0.39 is 0 Å². The molecule has 0 amide bonds. The van der Waals surface area contributed by atoms with Gasteiger partial charge in [0.05, 0.1) is 11.0 Å². The van der Waals surface area contributed by atoms with Crippen LogP contribution in [0.2, 0.25) is 0 Å². The van der Waals surface area contributed by atoms with Crippen molar-refractivity contribution in [3.8, 4) is 17.3 Å². The fraction of sp³-hybridized carbons (Fsp3) is 0.294. The fourth-order valence-electron chi connectivity index (χ4n) is 8.82. The molecule has 0 saturated carbocycles. The number of pyridine rings is 1. The van der Waals surface area contributed by atoms with E-state index in [0.717, 1.165) is 50.7 Å². The van der Waals surface area contributed by atoms with Crippen molar-refractivity contribution in [1.29, 1.82) is 0 Å². The maximum Gasteiger partial charge on any atom is 0.217 e. The van der Waals surface area contributed by atoms with Crippen molar-refractivity contribution >= 4 is 27.7 Å². The van der Waals surface area contributed by atoms with Crippen LogP contribution in [-0.4, -0.2) is 15.4 Å². The van der Waals surface area contributed by atoms with Crippen LogP contribution in [0.4, 0.5) is 0 Å². The van der Waals surface area contributed by atoms with Crippen LogP contribution in [0.3, 0.4) is 0 Å². The summed E-state index contributed by atoms with van der Waals surface area (Å²) in [5, 5.41) is 2.47. The van der Waals surface area contributed by atoms with Gasteiger partial charge in [-0.25, -0.2) is 9.98 Å². The van der Waals surface area contributed by atoms with Crippen LogP contribution in [0.25, 0.3) is 27.6 Å². The van der Waals surface area contributed by atoms with Crippen molar-refractivity contribution < 1.29 is 9.47 Å². The highest BCUT2D eigenvalue weighted by Crippen LogP contribution is 2.50. The molecule has 2 aromatic heterocycles. The summed E-state index contributed by atoms with van der Waals surface area (Å²) in [6.07, 6.45) is 1.70. The second-order valence-electron chi connectivity index (χ2n) is 18.4. The van der Waals surface area contributed by atoms with Gasteiger partial charge in [-0.3, -0.25) is 4.57 Å². The third-order valence-electron chi connectivity index (χ3n) is 12.0. The van der Waals surface area contributed by atoms with Gasteiger partial charge in [0.2, 0.25) is 5.90 Å². The molecule has 5 nitrogen and oxygen atoms in total. The minimum Gasteiger partial charge on any atom is -0.467 e. The van der Waals surface area contributed by atoms with Gasteiger partial charge in [0.1, 0.15) is 23.4 Å². The number of fused-ring (bicyclic) bond motifs is 5. The molecule has 0 radical (unpaired) electrons. The normalized spacial score (nSPS) is 17.5. The van der Waals surface area contributed by atoms with Crippen molar-refractivity contribution in [1.82, 2.24) is 9.55 Å². The quantitative estimate of drug-likeness (QED) is 0.177. The Labute approximate surface area is 331 Å². The molecule has 9 rings (SSSR count). The number of aromatic nitrogens is 2. The molecule has 0 spiro atoms. The van der Waals surface area contributed by atoms with E-state index in [1.165, 1.54) is 38.5 Å². The Morgan fingerprint density at radius 1 is 0.696 bits per heavy atom. The first-order chi connectivity index (χ1) is 26.6. The van der Waals surface area contributed by atoms with Gasteiger partial charge in [0.15, 0.2) is 6.10 Å². The van der Waals surface area contributed by atoms with Gasteiger partial charge in [-0.15, -0.1) is 0 Å². The Morgan fingerprint density at radius 3 is 2.04 bits per heavy atom. The Kier molecular flexibility index (Phi) is 8.14. The Morgan fingerprint density at radius 2 is 1.36 bits per heavy atom. The highest BCUT2D eigenvalue weighted by atomic mass is 16.5. The van der Waals surface area contributed by atoms with Crippen molar-refractivity contribution in [2.75, 3.05) is 0 Å². The molecule has 282 valence electrons. The van der Waals surface area contributed by atoms with Gasteiger partial charge in [-0.05, 0) is 100 Å². The van der Waals surface area contributed by atoms with Crippen molar-refractivity contribution in [2.24, 2.45) is 4.99 Å². The van der Waals surface area contributed by atoms with Gasteiger partial charge in [0.25, 0.3) is 0 Å². The number of ether oxygens (including phenoxy) is 2. The van der Waals surface area contributed by atoms with E-state index in [9.17, 15) is 0 Å². The number of aryl methyl sites for hydroxylation is 2. The van der Waals surface area contributed by atoms with Crippen molar-refractivity contribution in [3.05, 3.63) is 165 Å². The lowest BCUT2D eigenvalue weighted by molar-refractivity contribution is 0.197. The number of hydrogen-bond donors (Lipinski definition) is 0. The van der Waals surface area contributed by atoms with E-state index in [4.69, 9.17) is 19.5 Å². The minimum absolute atomic E-state index is 0.0110. The van der Waals surface area contributed by atoms with Crippen molar-refractivity contribution in [3.63, 3.8) is 0 Å². The molecule has 7 aromatic rings. The lowest BCUT2D eigenvalue weighted by atomic mass is 9.72. The Hall–Kier alpha value is -5.68. The zero-order valence-corrected chi connectivity index (χ0v) is 34.3. The number of hydrogen-bond acceptors (Lipinski definition) is 4. The standard InChI is InChI=1S/C51H51N3O2/c1-30-21-22-52-47-43(30)51(9,10)40-28-36(50(6,7)8)27-39-38-23-31(2)42(29-41(38)54(47)45(39)40)55-37-25-34(24-35(26-37)49(3,4)5)48-53-44(32-17-13-11-14-18-32)46(56-48)33-19-15-12-16-20-33/h11-29,44,46H,1-10H3/t44-,46-/m1/s1. The predicted octanol–water partition coefficient (Wildman–Crippen LogP) is 13.1. The lowest BCUT2D eigenvalue weighted by Crippen LogP contribution is -2.29.